The second kappa shape index (κ2) is 9.37. The SMILES string of the molecule is Cc1ccn(-c2cc(C3(O)CCN(C(=O)OC(C)(C)C)CC3)cc(NC3CCC(F)(F)CC3)n2)n1. The molecule has 0 bridgehead atoms. The van der Waals surface area contributed by atoms with Crippen LogP contribution in [0, 0.1) is 6.92 Å². The van der Waals surface area contributed by atoms with Gasteiger partial charge in [-0.15, -0.1) is 0 Å². The quantitative estimate of drug-likeness (QED) is 0.639. The number of piperidine rings is 1. The van der Waals surface area contributed by atoms with Gasteiger partial charge in [-0.05, 0) is 77.1 Å². The number of carbonyl (C=O) groups is 1. The Morgan fingerprint density at radius 1 is 1.17 bits per heavy atom. The Bertz CT molecular complexity index is 1050. The van der Waals surface area contributed by atoms with Crippen LogP contribution in [0.2, 0.25) is 0 Å². The van der Waals surface area contributed by atoms with Crippen molar-refractivity contribution in [1.82, 2.24) is 19.7 Å². The van der Waals surface area contributed by atoms with Gasteiger partial charge in [-0.25, -0.2) is 23.2 Å². The number of aryl methyl sites for hydroxylation is 1. The maximum atomic E-state index is 13.6. The van der Waals surface area contributed by atoms with Gasteiger partial charge in [0, 0.05) is 38.2 Å². The number of hydrogen-bond donors (Lipinski definition) is 2. The molecule has 2 N–H and O–H groups in total. The fourth-order valence-corrected chi connectivity index (χ4v) is 4.59. The third kappa shape index (κ3) is 6.28. The van der Waals surface area contributed by atoms with Gasteiger partial charge in [0.1, 0.15) is 11.4 Å². The highest BCUT2D eigenvalue weighted by Gasteiger charge is 2.38. The molecule has 2 aromatic rings. The largest absolute Gasteiger partial charge is 0.444 e. The van der Waals surface area contributed by atoms with Gasteiger partial charge in [-0.3, -0.25) is 0 Å². The number of likely N-dealkylation sites (tertiary alicyclic amines) is 1. The number of anilines is 1. The monoisotopic (exact) mass is 491 g/mol. The molecule has 0 unspecified atom stereocenters. The van der Waals surface area contributed by atoms with Crippen LogP contribution in [0.3, 0.4) is 0 Å². The minimum Gasteiger partial charge on any atom is -0.444 e. The lowest BCUT2D eigenvalue weighted by Gasteiger charge is -2.39. The molecule has 1 saturated carbocycles. The first-order valence-electron chi connectivity index (χ1n) is 12.2. The van der Waals surface area contributed by atoms with E-state index in [4.69, 9.17) is 4.74 Å². The van der Waals surface area contributed by atoms with Crippen LogP contribution in [0.5, 0.6) is 0 Å². The Hall–Kier alpha value is -2.75. The summed E-state index contributed by atoms with van der Waals surface area (Å²) >= 11 is 0. The standard InChI is InChI=1S/C25H35F2N5O3/c1-17-7-12-32(30-17)21-16-18(15-20(29-21)28-19-5-8-25(26,27)9-6-19)24(34)10-13-31(14-11-24)22(33)35-23(2,3)4/h7,12,15-16,19,34H,5-6,8-11,13-14H2,1-4H3,(H,28,29). The summed E-state index contributed by atoms with van der Waals surface area (Å²) in [6, 6.07) is 5.33. The highest BCUT2D eigenvalue weighted by molar-refractivity contribution is 5.68. The van der Waals surface area contributed by atoms with Crippen LogP contribution in [-0.2, 0) is 10.3 Å². The third-order valence-corrected chi connectivity index (χ3v) is 6.62. The van der Waals surface area contributed by atoms with Crippen molar-refractivity contribution in [2.45, 2.75) is 89.4 Å². The van der Waals surface area contributed by atoms with Gasteiger partial charge >= 0.3 is 6.09 Å². The average Bonchev–Trinajstić information content (AvgIpc) is 3.21. The van der Waals surface area contributed by atoms with Crippen molar-refractivity contribution in [3.63, 3.8) is 0 Å². The predicted molar refractivity (Wildman–Crippen MR) is 128 cm³/mol. The van der Waals surface area contributed by atoms with Gasteiger partial charge in [0.15, 0.2) is 5.82 Å². The molecule has 0 aromatic carbocycles. The smallest absolute Gasteiger partial charge is 0.410 e. The molecule has 2 fully saturated rings. The summed E-state index contributed by atoms with van der Waals surface area (Å²) in [5.41, 5.74) is -0.279. The van der Waals surface area contributed by atoms with Crippen molar-refractivity contribution in [1.29, 1.82) is 0 Å². The van der Waals surface area contributed by atoms with Crippen LogP contribution >= 0.6 is 0 Å². The Kier molecular flexibility index (Phi) is 6.78. The topological polar surface area (TPSA) is 92.5 Å². The van der Waals surface area contributed by atoms with E-state index in [2.05, 4.69) is 15.4 Å². The van der Waals surface area contributed by atoms with E-state index in [9.17, 15) is 18.7 Å². The van der Waals surface area contributed by atoms with Crippen LogP contribution in [0.25, 0.3) is 5.82 Å². The number of carbonyl (C=O) groups excluding carboxylic acids is 1. The summed E-state index contributed by atoms with van der Waals surface area (Å²) in [4.78, 5) is 18.7. The van der Waals surface area contributed by atoms with E-state index in [1.807, 2.05) is 33.8 Å². The number of ether oxygens (including phenoxy) is 1. The van der Waals surface area contributed by atoms with Crippen molar-refractivity contribution in [2.75, 3.05) is 18.4 Å². The second-order valence-corrected chi connectivity index (χ2v) is 10.8. The lowest BCUT2D eigenvalue weighted by molar-refractivity contribution is -0.0362. The molecule has 1 saturated heterocycles. The zero-order chi connectivity index (χ0) is 25.4. The van der Waals surface area contributed by atoms with Crippen molar-refractivity contribution in [3.05, 3.63) is 35.7 Å². The van der Waals surface area contributed by atoms with Crippen LogP contribution in [0.15, 0.2) is 24.4 Å². The number of pyridine rings is 1. The number of aliphatic hydroxyl groups is 1. The number of rotatable bonds is 4. The van der Waals surface area contributed by atoms with E-state index in [1.54, 1.807) is 27.9 Å². The summed E-state index contributed by atoms with van der Waals surface area (Å²) in [5.74, 6) is -1.56. The van der Waals surface area contributed by atoms with Gasteiger partial charge in [0.25, 0.3) is 0 Å². The predicted octanol–water partition coefficient (Wildman–Crippen LogP) is 4.78. The minimum atomic E-state index is -2.61. The maximum absolute atomic E-state index is 13.6. The van der Waals surface area contributed by atoms with Gasteiger partial charge in [0.2, 0.25) is 5.92 Å². The molecular formula is C25H35F2N5O3. The van der Waals surface area contributed by atoms with Crippen LogP contribution in [-0.4, -0.2) is 61.5 Å². The summed E-state index contributed by atoms with van der Waals surface area (Å²) in [6.07, 6.45) is 2.47. The molecular weight excluding hydrogens is 456 g/mol. The van der Waals surface area contributed by atoms with Crippen LogP contribution in [0.1, 0.15) is 70.6 Å². The normalized spacial score (nSPS) is 20.5. The molecule has 1 aliphatic carbocycles. The number of hydrogen-bond acceptors (Lipinski definition) is 6. The van der Waals surface area contributed by atoms with E-state index in [0.717, 1.165) is 5.69 Å². The molecule has 0 radical (unpaired) electrons. The number of alkyl halides is 2. The van der Waals surface area contributed by atoms with E-state index in [0.29, 0.717) is 56.0 Å². The Morgan fingerprint density at radius 3 is 2.40 bits per heavy atom. The van der Waals surface area contributed by atoms with E-state index < -0.39 is 23.2 Å². The van der Waals surface area contributed by atoms with Gasteiger partial charge in [0.05, 0.1) is 11.3 Å². The molecule has 0 atom stereocenters. The summed E-state index contributed by atoms with van der Waals surface area (Å²) in [7, 11) is 0. The van der Waals surface area contributed by atoms with Crippen molar-refractivity contribution >= 4 is 11.9 Å². The van der Waals surface area contributed by atoms with E-state index >= 15 is 0 Å². The van der Waals surface area contributed by atoms with E-state index in [-0.39, 0.29) is 18.9 Å². The van der Waals surface area contributed by atoms with Crippen molar-refractivity contribution in [2.24, 2.45) is 0 Å². The zero-order valence-electron chi connectivity index (χ0n) is 20.9. The number of nitrogens with zero attached hydrogens (tertiary/aromatic N) is 4. The maximum Gasteiger partial charge on any atom is 0.410 e. The number of aromatic nitrogens is 3. The molecule has 2 aliphatic rings. The van der Waals surface area contributed by atoms with Gasteiger partial charge < -0.3 is 20.1 Å². The minimum absolute atomic E-state index is 0.117. The Morgan fingerprint density at radius 2 is 1.83 bits per heavy atom. The lowest BCUT2D eigenvalue weighted by atomic mass is 9.84. The molecule has 4 rings (SSSR count). The highest BCUT2D eigenvalue weighted by atomic mass is 19.3. The zero-order valence-corrected chi connectivity index (χ0v) is 20.9. The van der Waals surface area contributed by atoms with Crippen LogP contribution in [0.4, 0.5) is 19.4 Å². The van der Waals surface area contributed by atoms with Crippen LogP contribution < -0.4 is 5.32 Å². The van der Waals surface area contributed by atoms with Gasteiger partial charge in [-0.2, -0.15) is 5.10 Å². The van der Waals surface area contributed by atoms with E-state index in [1.165, 1.54) is 0 Å². The Balaban J connectivity index is 1.55. The Labute approximate surface area is 204 Å². The first kappa shape index (κ1) is 25.3. The van der Waals surface area contributed by atoms with Gasteiger partial charge in [-0.1, -0.05) is 0 Å². The van der Waals surface area contributed by atoms with Crippen molar-refractivity contribution in [3.8, 4) is 5.82 Å². The third-order valence-electron chi connectivity index (χ3n) is 6.62. The summed E-state index contributed by atoms with van der Waals surface area (Å²) in [5, 5.41) is 19.3. The summed E-state index contributed by atoms with van der Waals surface area (Å²) in [6.45, 7) is 8.05. The highest BCUT2D eigenvalue weighted by Crippen LogP contribution is 2.37. The molecule has 10 heteroatoms. The molecule has 1 aliphatic heterocycles. The molecule has 2 aromatic heterocycles. The fourth-order valence-electron chi connectivity index (χ4n) is 4.59. The molecule has 192 valence electrons. The molecule has 8 nitrogen and oxygen atoms in total. The molecule has 1 amide bonds. The average molecular weight is 492 g/mol. The van der Waals surface area contributed by atoms with Crippen molar-refractivity contribution < 1.29 is 23.4 Å². The number of halogens is 2. The molecule has 35 heavy (non-hydrogen) atoms. The lowest BCUT2D eigenvalue weighted by Crippen LogP contribution is -2.46. The first-order valence-corrected chi connectivity index (χ1v) is 12.2. The first-order chi connectivity index (χ1) is 16.3. The number of nitrogens with one attached hydrogen (secondary N) is 1. The fraction of sp³-hybridized carbons (Fsp3) is 0.640. The second-order valence-electron chi connectivity index (χ2n) is 10.8. The summed E-state index contributed by atoms with van der Waals surface area (Å²) < 4.78 is 34.3. The molecule has 3 heterocycles. The number of amides is 1. The molecule has 0 spiro atoms.